The zero-order valence-electron chi connectivity index (χ0n) is 11.4. The summed E-state index contributed by atoms with van der Waals surface area (Å²) in [7, 11) is 3.51. The molecule has 0 heterocycles. The molecule has 0 aliphatic carbocycles. The Morgan fingerprint density at radius 1 is 1.11 bits per heavy atom. The van der Waals surface area contributed by atoms with E-state index in [1.54, 1.807) is 19.2 Å². The Labute approximate surface area is 113 Å². The van der Waals surface area contributed by atoms with Gasteiger partial charge in [0.1, 0.15) is 11.6 Å². The molecule has 0 fully saturated rings. The van der Waals surface area contributed by atoms with Gasteiger partial charge in [0.2, 0.25) is 0 Å². The van der Waals surface area contributed by atoms with Crippen molar-refractivity contribution in [3.63, 3.8) is 0 Å². The van der Waals surface area contributed by atoms with Crippen molar-refractivity contribution in [2.75, 3.05) is 14.2 Å². The van der Waals surface area contributed by atoms with Crippen LogP contribution in [0.5, 0.6) is 5.75 Å². The molecular weight excluding hydrogens is 241 g/mol. The Bertz CT molecular complexity index is 568. The van der Waals surface area contributed by atoms with Crippen LogP contribution in [0.3, 0.4) is 0 Å². The second-order valence-electron chi connectivity index (χ2n) is 4.46. The standard InChI is InChI=1S/C16H18FNO/c1-11-8-9-12(17)10-14(11)16(18-2)13-6-4-5-7-15(13)19-3/h4-10,16,18H,1-3H3. The maximum absolute atomic E-state index is 13.5. The third kappa shape index (κ3) is 2.76. The van der Waals surface area contributed by atoms with Crippen LogP contribution in [0.4, 0.5) is 4.39 Å². The first-order valence-electron chi connectivity index (χ1n) is 6.23. The number of hydrogen-bond acceptors (Lipinski definition) is 2. The third-order valence-electron chi connectivity index (χ3n) is 3.29. The van der Waals surface area contributed by atoms with Crippen molar-refractivity contribution in [3.05, 3.63) is 65.0 Å². The predicted octanol–water partition coefficient (Wildman–Crippen LogP) is 3.45. The van der Waals surface area contributed by atoms with Crippen molar-refractivity contribution >= 4 is 0 Å². The molecule has 0 saturated carbocycles. The number of methoxy groups -OCH3 is 1. The number of para-hydroxylation sites is 1. The molecule has 3 heteroatoms. The van der Waals surface area contributed by atoms with Gasteiger partial charge in [-0.1, -0.05) is 24.3 Å². The average Bonchev–Trinajstić information content (AvgIpc) is 2.44. The molecule has 1 atom stereocenters. The van der Waals surface area contributed by atoms with E-state index in [4.69, 9.17) is 4.74 Å². The van der Waals surface area contributed by atoms with Crippen LogP contribution in [-0.4, -0.2) is 14.2 Å². The van der Waals surface area contributed by atoms with E-state index in [1.165, 1.54) is 6.07 Å². The van der Waals surface area contributed by atoms with E-state index in [2.05, 4.69) is 5.32 Å². The minimum absolute atomic E-state index is 0.0909. The lowest BCUT2D eigenvalue weighted by molar-refractivity contribution is 0.405. The molecule has 0 spiro atoms. The molecule has 0 aliphatic heterocycles. The van der Waals surface area contributed by atoms with Crippen molar-refractivity contribution in [3.8, 4) is 5.75 Å². The summed E-state index contributed by atoms with van der Waals surface area (Å²) in [5, 5.41) is 3.23. The number of halogens is 1. The highest BCUT2D eigenvalue weighted by Crippen LogP contribution is 2.31. The van der Waals surface area contributed by atoms with Crippen molar-refractivity contribution in [1.82, 2.24) is 5.32 Å². The van der Waals surface area contributed by atoms with Crippen LogP contribution >= 0.6 is 0 Å². The average molecular weight is 259 g/mol. The summed E-state index contributed by atoms with van der Waals surface area (Å²) in [6.45, 7) is 1.98. The maximum atomic E-state index is 13.5. The number of ether oxygens (including phenoxy) is 1. The molecule has 0 amide bonds. The largest absolute Gasteiger partial charge is 0.496 e. The van der Waals surface area contributed by atoms with E-state index in [-0.39, 0.29) is 11.9 Å². The van der Waals surface area contributed by atoms with Gasteiger partial charge in [-0.2, -0.15) is 0 Å². The van der Waals surface area contributed by atoms with Crippen LogP contribution < -0.4 is 10.1 Å². The Hall–Kier alpha value is -1.87. The second kappa shape index (κ2) is 5.85. The van der Waals surface area contributed by atoms with Gasteiger partial charge in [0.05, 0.1) is 13.2 Å². The van der Waals surface area contributed by atoms with Gasteiger partial charge in [-0.25, -0.2) is 4.39 Å². The lowest BCUT2D eigenvalue weighted by Crippen LogP contribution is -2.19. The Morgan fingerprint density at radius 3 is 2.53 bits per heavy atom. The van der Waals surface area contributed by atoms with Gasteiger partial charge in [-0.3, -0.25) is 0 Å². The molecule has 2 rings (SSSR count). The van der Waals surface area contributed by atoms with Crippen molar-refractivity contribution < 1.29 is 9.13 Å². The smallest absolute Gasteiger partial charge is 0.123 e. The number of rotatable bonds is 4. The second-order valence-corrected chi connectivity index (χ2v) is 4.46. The molecule has 2 nitrogen and oxygen atoms in total. The van der Waals surface area contributed by atoms with Gasteiger partial charge in [0.15, 0.2) is 0 Å². The molecule has 0 radical (unpaired) electrons. The van der Waals surface area contributed by atoms with Crippen molar-refractivity contribution in [2.24, 2.45) is 0 Å². The fraction of sp³-hybridized carbons (Fsp3) is 0.250. The van der Waals surface area contributed by atoms with E-state index in [9.17, 15) is 4.39 Å². The summed E-state index contributed by atoms with van der Waals surface area (Å²) in [5.41, 5.74) is 2.97. The SMILES string of the molecule is CNC(c1cc(F)ccc1C)c1ccccc1OC. The van der Waals surface area contributed by atoms with Gasteiger partial charge in [-0.15, -0.1) is 0 Å². The first-order chi connectivity index (χ1) is 9.17. The maximum Gasteiger partial charge on any atom is 0.123 e. The van der Waals surface area contributed by atoms with E-state index in [0.717, 1.165) is 22.4 Å². The summed E-state index contributed by atoms with van der Waals surface area (Å²) < 4.78 is 18.9. The first kappa shape index (κ1) is 13.6. The highest BCUT2D eigenvalue weighted by atomic mass is 19.1. The zero-order valence-corrected chi connectivity index (χ0v) is 11.4. The molecule has 19 heavy (non-hydrogen) atoms. The summed E-state index contributed by atoms with van der Waals surface area (Å²) >= 11 is 0. The van der Waals surface area contributed by atoms with Gasteiger partial charge >= 0.3 is 0 Å². The lowest BCUT2D eigenvalue weighted by atomic mass is 9.94. The third-order valence-corrected chi connectivity index (χ3v) is 3.29. The lowest BCUT2D eigenvalue weighted by Gasteiger charge is -2.21. The molecule has 100 valence electrons. The number of aryl methyl sites for hydroxylation is 1. The fourth-order valence-electron chi connectivity index (χ4n) is 2.31. The number of hydrogen-bond donors (Lipinski definition) is 1. The molecule has 0 aromatic heterocycles. The minimum atomic E-state index is -0.226. The van der Waals surface area contributed by atoms with Crippen LogP contribution in [0.2, 0.25) is 0 Å². The molecule has 2 aromatic rings. The predicted molar refractivity (Wildman–Crippen MR) is 75.0 cm³/mol. The van der Waals surface area contributed by atoms with Gasteiger partial charge in [0.25, 0.3) is 0 Å². The van der Waals surface area contributed by atoms with Gasteiger partial charge < -0.3 is 10.1 Å². The van der Waals surface area contributed by atoms with Crippen LogP contribution in [0, 0.1) is 12.7 Å². The Morgan fingerprint density at radius 2 is 1.84 bits per heavy atom. The first-order valence-corrected chi connectivity index (χ1v) is 6.23. The zero-order chi connectivity index (χ0) is 13.8. The number of benzene rings is 2. The highest BCUT2D eigenvalue weighted by molar-refractivity contribution is 5.43. The summed E-state index contributed by atoms with van der Waals surface area (Å²) in [6, 6.07) is 12.5. The van der Waals surface area contributed by atoms with E-state index in [1.807, 2.05) is 38.2 Å². The molecule has 1 unspecified atom stereocenters. The van der Waals surface area contributed by atoms with Crippen LogP contribution in [-0.2, 0) is 0 Å². The Balaban J connectivity index is 2.53. The monoisotopic (exact) mass is 259 g/mol. The molecule has 2 aromatic carbocycles. The minimum Gasteiger partial charge on any atom is -0.496 e. The molecule has 0 bridgehead atoms. The van der Waals surface area contributed by atoms with Crippen LogP contribution in [0.15, 0.2) is 42.5 Å². The van der Waals surface area contributed by atoms with E-state index < -0.39 is 0 Å². The molecular formula is C16H18FNO. The normalized spacial score (nSPS) is 12.2. The van der Waals surface area contributed by atoms with E-state index >= 15 is 0 Å². The molecule has 0 aliphatic rings. The highest BCUT2D eigenvalue weighted by Gasteiger charge is 2.18. The van der Waals surface area contributed by atoms with Gasteiger partial charge in [0, 0.05) is 5.56 Å². The quantitative estimate of drug-likeness (QED) is 0.908. The van der Waals surface area contributed by atoms with Crippen LogP contribution in [0.1, 0.15) is 22.7 Å². The topological polar surface area (TPSA) is 21.3 Å². The van der Waals surface area contributed by atoms with Crippen LogP contribution in [0.25, 0.3) is 0 Å². The number of nitrogens with one attached hydrogen (secondary N) is 1. The summed E-state index contributed by atoms with van der Waals surface area (Å²) in [6.07, 6.45) is 0. The summed E-state index contributed by atoms with van der Waals surface area (Å²) in [5.74, 6) is 0.571. The van der Waals surface area contributed by atoms with Crippen molar-refractivity contribution in [1.29, 1.82) is 0 Å². The summed E-state index contributed by atoms with van der Waals surface area (Å²) in [4.78, 5) is 0. The van der Waals surface area contributed by atoms with Gasteiger partial charge in [-0.05, 0) is 43.3 Å². The molecule has 1 N–H and O–H groups in total. The van der Waals surface area contributed by atoms with E-state index in [0.29, 0.717) is 0 Å². The molecule has 0 saturated heterocycles. The fourth-order valence-corrected chi connectivity index (χ4v) is 2.31. The van der Waals surface area contributed by atoms with Crippen molar-refractivity contribution in [2.45, 2.75) is 13.0 Å². The Kier molecular flexibility index (Phi) is 4.17.